The first-order chi connectivity index (χ1) is 7.86. The van der Waals surface area contributed by atoms with Gasteiger partial charge in [0.2, 0.25) is 0 Å². The van der Waals surface area contributed by atoms with E-state index in [1.165, 1.54) is 0 Å². The van der Waals surface area contributed by atoms with Crippen LogP contribution < -0.4 is 5.73 Å². The monoisotopic (exact) mass is 271 g/mol. The van der Waals surface area contributed by atoms with Gasteiger partial charge in [0.1, 0.15) is 5.76 Å². The Labute approximate surface area is 111 Å². The summed E-state index contributed by atoms with van der Waals surface area (Å²) < 4.78 is 5.75. The maximum atomic E-state index is 6.25. The molecule has 0 bridgehead atoms. The molecule has 4 heteroatoms. The second-order valence-electron chi connectivity index (χ2n) is 5.09. The van der Waals surface area contributed by atoms with Crippen molar-refractivity contribution in [2.24, 2.45) is 5.73 Å². The molecule has 92 valence electrons. The Morgan fingerprint density at radius 1 is 1.18 bits per heavy atom. The first-order valence-corrected chi connectivity index (χ1v) is 6.21. The molecule has 0 radical (unpaired) electrons. The molecule has 17 heavy (non-hydrogen) atoms. The third-order valence-corrected chi connectivity index (χ3v) is 3.36. The molecule has 0 atom stereocenters. The van der Waals surface area contributed by atoms with Crippen molar-refractivity contribution in [2.75, 3.05) is 0 Å². The van der Waals surface area contributed by atoms with Gasteiger partial charge in [-0.3, -0.25) is 0 Å². The summed E-state index contributed by atoms with van der Waals surface area (Å²) in [6, 6.07) is 3.53. The molecule has 0 fully saturated rings. The Morgan fingerprint density at radius 2 is 1.76 bits per heavy atom. The van der Waals surface area contributed by atoms with Gasteiger partial charge < -0.3 is 10.2 Å². The van der Waals surface area contributed by atoms with Gasteiger partial charge in [-0.1, -0.05) is 44.0 Å². The van der Waals surface area contributed by atoms with Crippen molar-refractivity contribution in [1.29, 1.82) is 0 Å². The molecule has 0 spiro atoms. The summed E-state index contributed by atoms with van der Waals surface area (Å²) in [5, 5.41) is 2.10. The molecular formula is C13H15Cl2NO. The zero-order chi connectivity index (χ0) is 12.8. The standard InChI is InChI=1S/C13H15Cl2NO/c1-13(2,3)11-9(6-16)17-12-8(15)5-4-7(14)10(11)12/h4-5H,6,16H2,1-3H3. The lowest BCUT2D eigenvalue weighted by Crippen LogP contribution is -2.14. The van der Waals surface area contributed by atoms with Crippen LogP contribution in [-0.4, -0.2) is 0 Å². The number of nitrogens with two attached hydrogens (primary N) is 1. The van der Waals surface area contributed by atoms with Gasteiger partial charge in [-0.05, 0) is 17.5 Å². The van der Waals surface area contributed by atoms with Crippen LogP contribution in [0.15, 0.2) is 16.5 Å². The predicted molar refractivity (Wildman–Crippen MR) is 72.8 cm³/mol. The summed E-state index contributed by atoms with van der Waals surface area (Å²) in [6.45, 7) is 6.66. The van der Waals surface area contributed by atoms with E-state index in [0.717, 1.165) is 16.7 Å². The molecule has 1 aromatic carbocycles. The highest BCUT2D eigenvalue weighted by Gasteiger charge is 2.27. The van der Waals surface area contributed by atoms with Gasteiger partial charge in [0.25, 0.3) is 0 Å². The van der Waals surface area contributed by atoms with E-state index in [0.29, 0.717) is 22.2 Å². The van der Waals surface area contributed by atoms with E-state index in [1.54, 1.807) is 12.1 Å². The molecule has 0 amide bonds. The van der Waals surface area contributed by atoms with Gasteiger partial charge in [0, 0.05) is 10.9 Å². The van der Waals surface area contributed by atoms with Crippen molar-refractivity contribution in [2.45, 2.75) is 32.7 Å². The lowest BCUT2D eigenvalue weighted by molar-refractivity contribution is 0.511. The molecule has 0 aliphatic heterocycles. The lowest BCUT2D eigenvalue weighted by atomic mass is 9.85. The Kier molecular flexibility index (Phi) is 3.15. The molecule has 0 aliphatic rings. The summed E-state index contributed by atoms with van der Waals surface area (Å²) in [5.74, 6) is 0.752. The maximum Gasteiger partial charge on any atom is 0.154 e. The molecule has 2 aromatic rings. The lowest BCUT2D eigenvalue weighted by Gasteiger charge is -2.19. The van der Waals surface area contributed by atoms with Gasteiger partial charge in [0.15, 0.2) is 5.58 Å². The fourth-order valence-corrected chi connectivity index (χ4v) is 2.56. The quantitative estimate of drug-likeness (QED) is 0.830. The second kappa shape index (κ2) is 4.20. The van der Waals surface area contributed by atoms with E-state index in [9.17, 15) is 0 Å². The van der Waals surface area contributed by atoms with Crippen molar-refractivity contribution in [3.8, 4) is 0 Å². The van der Waals surface area contributed by atoms with E-state index in [1.807, 2.05) is 0 Å². The van der Waals surface area contributed by atoms with Gasteiger partial charge >= 0.3 is 0 Å². The molecular weight excluding hydrogens is 257 g/mol. The number of halogens is 2. The van der Waals surface area contributed by atoms with Crippen molar-refractivity contribution in [1.82, 2.24) is 0 Å². The summed E-state index contributed by atoms with van der Waals surface area (Å²) in [7, 11) is 0. The number of hydrogen-bond donors (Lipinski definition) is 1. The number of benzene rings is 1. The van der Waals surface area contributed by atoms with Crippen molar-refractivity contribution in [3.63, 3.8) is 0 Å². The average Bonchev–Trinajstić information content (AvgIpc) is 2.63. The first kappa shape index (κ1) is 12.7. The Hall–Kier alpha value is -0.700. The molecule has 1 aromatic heterocycles. The SMILES string of the molecule is CC(C)(C)c1c(CN)oc2c(Cl)ccc(Cl)c12. The van der Waals surface area contributed by atoms with E-state index in [-0.39, 0.29) is 5.41 Å². The highest BCUT2D eigenvalue weighted by molar-refractivity contribution is 6.40. The molecule has 0 unspecified atom stereocenters. The zero-order valence-corrected chi connectivity index (χ0v) is 11.6. The third-order valence-electron chi connectivity index (χ3n) is 2.75. The molecule has 0 aliphatic carbocycles. The van der Waals surface area contributed by atoms with Gasteiger partial charge in [0.05, 0.1) is 16.6 Å². The van der Waals surface area contributed by atoms with Crippen molar-refractivity contribution < 1.29 is 4.42 Å². The summed E-state index contributed by atoms with van der Waals surface area (Å²) in [6.07, 6.45) is 0. The Morgan fingerprint density at radius 3 is 2.29 bits per heavy atom. The largest absolute Gasteiger partial charge is 0.458 e. The minimum atomic E-state index is -0.0890. The van der Waals surface area contributed by atoms with Crippen LogP contribution in [0.3, 0.4) is 0 Å². The number of furan rings is 1. The van der Waals surface area contributed by atoms with Crippen LogP contribution in [0.4, 0.5) is 0 Å². The van der Waals surface area contributed by atoms with Gasteiger partial charge in [-0.15, -0.1) is 0 Å². The zero-order valence-electron chi connectivity index (χ0n) is 10.1. The number of hydrogen-bond acceptors (Lipinski definition) is 2. The minimum Gasteiger partial charge on any atom is -0.458 e. The Bertz CT molecular complexity index is 567. The van der Waals surface area contributed by atoms with Crippen LogP contribution in [0.1, 0.15) is 32.1 Å². The fraction of sp³-hybridized carbons (Fsp3) is 0.385. The highest BCUT2D eigenvalue weighted by Crippen LogP contribution is 2.41. The van der Waals surface area contributed by atoms with Crippen LogP contribution >= 0.6 is 23.2 Å². The summed E-state index contributed by atoms with van der Waals surface area (Å²) in [5.41, 5.74) is 7.32. The van der Waals surface area contributed by atoms with Crippen molar-refractivity contribution >= 4 is 34.2 Å². The molecule has 0 saturated carbocycles. The molecule has 2 N–H and O–H groups in total. The van der Waals surface area contributed by atoms with Gasteiger partial charge in [-0.2, -0.15) is 0 Å². The second-order valence-corrected chi connectivity index (χ2v) is 5.90. The molecule has 2 nitrogen and oxygen atoms in total. The average molecular weight is 272 g/mol. The normalized spacial score (nSPS) is 12.4. The predicted octanol–water partition coefficient (Wildman–Crippen LogP) is 4.50. The van der Waals surface area contributed by atoms with Crippen LogP contribution in [0.5, 0.6) is 0 Å². The van der Waals surface area contributed by atoms with Crippen LogP contribution in [0.2, 0.25) is 10.0 Å². The minimum absolute atomic E-state index is 0.0890. The van der Waals surface area contributed by atoms with E-state index in [4.69, 9.17) is 33.4 Å². The molecule has 0 saturated heterocycles. The molecule has 2 rings (SSSR count). The first-order valence-electron chi connectivity index (χ1n) is 5.46. The van der Waals surface area contributed by atoms with E-state index < -0.39 is 0 Å². The molecule has 1 heterocycles. The maximum absolute atomic E-state index is 6.25. The topological polar surface area (TPSA) is 39.2 Å². The summed E-state index contributed by atoms with van der Waals surface area (Å²) >= 11 is 12.4. The van der Waals surface area contributed by atoms with Crippen molar-refractivity contribution in [3.05, 3.63) is 33.5 Å². The third kappa shape index (κ3) is 2.05. The van der Waals surface area contributed by atoms with E-state index in [2.05, 4.69) is 20.8 Å². The van der Waals surface area contributed by atoms with Gasteiger partial charge in [-0.25, -0.2) is 0 Å². The smallest absolute Gasteiger partial charge is 0.154 e. The van der Waals surface area contributed by atoms with E-state index >= 15 is 0 Å². The number of fused-ring (bicyclic) bond motifs is 1. The highest BCUT2D eigenvalue weighted by atomic mass is 35.5. The van der Waals surface area contributed by atoms with Crippen LogP contribution in [0, 0.1) is 0 Å². The Balaban J connectivity index is 2.93. The summed E-state index contributed by atoms with van der Waals surface area (Å²) in [4.78, 5) is 0. The van der Waals surface area contributed by atoms with Crippen LogP contribution in [0.25, 0.3) is 11.0 Å². The number of rotatable bonds is 1. The fourth-order valence-electron chi connectivity index (χ4n) is 2.12. The van der Waals surface area contributed by atoms with Crippen LogP contribution in [-0.2, 0) is 12.0 Å².